The van der Waals surface area contributed by atoms with E-state index in [-0.39, 0.29) is 17.2 Å². The van der Waals surface area contributed by atoms with Crippen LogP contribution in [0.2, 0.25) is 0 Å². The van der Waals surface area contributed by atoms with E-state index in [1.54, 1.807) is 6.20 Å². The second-order valence-electron chi connectivity index (χ2n) is 8.28. The highest BCUT2D eigenvalue weighted by Gasteiger charge is 2.42. The van der Waals surface area contributed by atoms with Crippen molar-refractivity contribution in [3.63, 3.8) is 0 Å². The van der Waals surface area contributed by atoms with Gasteiger partial charge in [0.15, 0.2) is 11.4 Å². The van der Waals surface area contributed by atoms with Crippen LogP contribution in [-0.2, 0) is 4.79 Å². The highest BCUT2D eigenvalue weighted by atomic mass is 16.4. The minimum Gasteiger partial charge on any atom is -0.412 e. The number of aromatic nitrogens is 2. The highest BCUT2D eigenvalue weighted by molar-refractivity contribution is 6.01. The number of fused-ring (bicyclic) bond motifs is 1. The number of nitrogens with zero attached hydrogens (tertiary/aromatic N) is 2. The van der Waals surface area contributed by atoms with Gasteiger partial charge in [-0.3, -0.25) is 14.8 Å². The van der Waals surface area contributed by atoms with E-state index in [4.69, 9.17) is 4.42 Å². The molecule has 146 valence electrons. The number of carbonyl (C=O) groups excluding carboxylic acids is 1. The van der Waals surface area contributed by atoms with Crippen molar-refractivity contribution in [2.45, 2.75) is 32.7 Å². The summed E-state index contributed by atoms with van der Waals surface area (Å²) >= 11 is 0. The summed E-state index contributed by atoms with van der Waals surface area (Å²) < 4.78 is 5.79. The molecule has 0 spiro atoms. The molecule has 2 aliphatic rings. The summed E-state index contributed by atoms with van der Waals surface area (Å²) in [6.45, 7) is 4.23. The average Bonchev–Trinajstić information content (AvgIpc) is 3.09. The smallest absolute Gasteiger partial charge is 0.365 e. The first kappa shape index (κ1) is 17.6. The Kier molecular flexibility index (Phi) is 3.97. The molecule has 2 aromatic heterocycles. The topological polar surface area (TPSA) is 94.0 Å². The fourth-order valence-electron chi connectivity index (χ4n) is 4.05. The van der Waals surface area contributed by atoms with E-state index in [1.807, 2.05) is 42.5 Å². The van der Waals surface area contributed by atoms with Crippen LogP contribution in [0.1, 0.15) is 38.4 Å². The van der Waals surface area contributed by atoms with Gasteiger partial charge in [0.1, 0.15) is 11.6 Å². The lowest BCUT2D eigenvalue weighted by Crippen LogP contribution is -2.82. The molecule has 1 atom stereocenters. The summed E-state index contributed by atoms with van der Waals surface area (Å²) in [5, 5.41) is 6.55. The zero-order valence-electron chi connectivity index (χ0n) is 16.3. The van der Waals surface area contributed by atoms with Crippen LogP contribution in [0.25, 0.3) is 11.1 Å². The number of hydrogen-bond donors (Lipinski definition) is 3. The van der Waals surface area contributed by atoms with Crippen molar-refractivity contribution in [2.24, 2.45) is 5.41 Å². The summed E-state index contributed by atoms with van der Waals surface area (Å²) in [5.74, 6) is 0.768. The Labute approximate surface area is 168 Å². The minimum absolute atomic E-state index is 0.0996. The fourth-order valence-corrected chi connectivity index (χ4v) is 4.05. The third kappa shape index (κ3) is 3.29. The SMILES string of the molecule is CC1(C)CC(=O)C2=C(C1)NC(Nc1nc3ccccc3o1)=[NH+][C@H]2c1ccccn1. The Morgan fingerprint density at radius 2 is 2.00 bits per heavy atom. The summed E-state index contributed by atoms with van der Waals surface area (Å²) in [6, 6.07) is 13.4. The lowest BCUT2D eigenvalue weighted by Gasteiger charge is -2.34. The van der Waals surface area contributed by atoms with E-state index in [9.17, 15) is 4.79 Å². The molecule has 5 rings (SSSR count). The number of Topliss-reactive ketones (excluding diaryl/α,β-unsaturated/α-hetero) is 1. The van der Waals surface area contributed by atoms with E-state index in [0.717, 1.165) is 28.9 Å². The molecule has 0 unspecified atom stereocenters. The van der Waals surface area contributed by atoms with Gasteiger partial charge in [-0.25, -0.2) is 5.32 Å². The Morgan fingerprint density at radius 1 is 1.17 bits per heavy atom. The maximum absolute atomic E-state index is 13.0. The normalized spacial score (nSPS) is 20.8. The Bertz CT molecular complexity index is 1130. The number of benzene rings is 1. The second-order valence-corrected chi connectivity index (χ2v) is 8.28. The van der Waals surface area contributed by atoms with Crippen molar-refractivity contribution < 1.29 is 14.2 Å². The monoisotopic (exact) mass is 388 g/mol. The van der Waals surface area contributed by atoms with Gasteiger partial charge >= 0.3 is 12.0 Å². The van der Waals surface area contributed by atoms with E-state index in [2.05, 4.69) is 39.4 Å². The van der Waals surface area contributed by atoms with Crippen LogP contribution in [0, 0.1) is 5.41 Å². The maximum Gasteiger partial charge on any atom is 0.365 e. The van der Waals surface area contributed by atoms with Gasteiger partial charge in [0.25, 0.3) is 0 Å². The zero-order valence-corrected chi connectivity index (χ0v) is 16.3. The van der Waals surface area contributed by atoms with Crippen LogP contribution < -0.4 is 15.6 Å². The largest absolute Gasteiger partial charge is 0.412 e. The predicted molar refractivity (Wildman–Crippen MR) is 109 cm³/mol. The number of anilines is 1. The van der Waals surface area contributed by atoms with Crippen molar-refractivity contribution in [1.82, 2.24) is 15.3 Å². The first-order chi connectivity index (χ1) is 14.0. The van der Waals surface area contributed by atoms with E-state index in [0.29, 0.717) is 24.0 Å². The van der Waals surface area contributed by atoms with Gasteiger partial charge in [0.2, 0.25) is 0 Å². The number of rotatable bonds is 2. The van der Waals surface area contributed by atoms with E-state index in [1.165, 1.54) is 0 Å². The number of allylic oxidation sites excluding steroid dienone is 1. The van der Waals surface area contributed by atoms with Gasteiger partial charge < -0.3 is 4.42 Å². The van der Waals surface area contributed by atoms with E-state index >= 15 is 0 Å². The molecule has 29 heavy (non-hydrogen) atoms. The molecule has 0 fully saturated rings. The molecular weight excluding hydrogens is 366 g/mol. The van der Waals surface area contributed by atoms with Crippen LogP contribution in [0.3, 0.4) is 0 Å². The fraction of sp³-hybridized carbons (Fsp3) is 0.273. The second kappa shape index (κ2) is 6.55. The molecular formula is C22H22N5O2+. The van der Waals surface area contributed by atoms with Crippen LogP contribution >= 0.6 is 0 Å². The zero-order chi connectivity index (χ0) is 20.0. The number of para-hydroxylation sites is 2. The summed E-state index contributed by atoms with van der Waals surface area (Å²) in [4.78, 5) is 25.3. The van der Waals surface area contributed by atoms with Gasteiger partial charge in [0, 0.05) is 19.0 Å². The van der Waals surface area contributed by atoms with Crippen molar-refractivity contribution in [3.8, 4) is 0 Å². The predicted octanol–water partition coefficient (Wildman–Crippen LogP) is 2.06. The number of ketones is 1. The molecule has 1 aromatic carbocycles. The molecule has 0 amide bonds. The molecule has 7 nitrogen and oxygen atoms in total. The van der Waals surface area contributed by atoms with Crippen molar-refractivity contribution in [2.75, 3.05) is 5.32 Å². The third-order valence-corrected chi connectivity index (χ3v) is 5.28. The minimum atomic E-state index is -0.331. The van der Waals surface area contributed by atoms with Crippen LogP contribution in [0.15, 0.2) is 64.3 Å². The number of hydrogen-bond acceptors (Lipinski definition) is 6. The van der Waals surface area contributed by atoms with Crippen molar-refractivity contribution in [1.29, 1.82) is 0 Å². The van der Waals surface area contributed by atoms with Gasteiger partial charge in [-0.15, -0.1) is 0 Å². The molecule has 1 aliphatic carbocycles. The molecule has 1 aliphatic heterocycles. The summed E-state index contributed by atoms with van der Waals surface area (Å²) in [7, 11) is 0. The molecule has 0 radical (unpaired) electrons. The molecule has 0 bridgehead atoms. The van der Waals surface area contributed by atoms with Gasteiger partial charge in [-0.1, -0.05) is 32.0 Å². The first-order valence-corrected chi connectivity index (χ1v) is 9.69. The van der Waals surface area contributed by atoms with E-state index < -0.39 is 0 Å². The molecule has 3 heterocycles. The molecule has 0 saturated heterocycles. The Balaban J connectivity index is 1.54. The number of carbonyl (C=O) groups is 1. The molecule has 7 heteroatoms. The first-order valence-electron chi connectivity index (χ1n) is 9.69. The van der Waals surface area contributed by atoms with Gasteiger partial charge in [-0.2, -0.15) is 10.3 Å². The Morgan fingerprint density at radius 3 is 2.79 bits per heavy atom. The van der Waals surface area contributed by atoms with Crippen LogP contribution in [0.4, 0.5) is 6.01 Å². The van der Waals surface area contributed by atoms with Gasteiger partial charge in [-0.05, 0) is 29.7 Å². The lowest BCUT2D eigenvalue weighted by atomic mass is 9.73. The summed E-state index contributed by atoms with van der Waals surface area (Å²) in [6.07, 6.45) is 3.04. The summed E-state index contributed by atoms with van der Waals surface area (Å²) in [5.41, 5.74) is 3.86. The quantitative estimate of drug-likeness (QED) is 0.622. The average molecular weight is 388 g/mol. The lowest BCUT2D eigenvalue weighted by molar-refractivity contribution is -0.502. The highest BCUT2D eigenvalue weighted by Crippen LogP contribution is 2.39. The number of nitrogens with one attached hydrogen (secondary N) is 3. The number of oxazole rings is 1. The molecule has 3 N–H and O–H groups in total. The van der Waals surface area contributed by atoms with Crippen LogP contribution in [-0.4, -0.2) is 21.7 Å². The van der Waals surface area contributed by atoms with Crippen molar-refractivity contribution in [3.05, 3.63) is 65.6 Å². The van der Waals surface area contributed by atoms with Gasteiger partial charge in [0.05, 0.1) is 17.0 Å². The molecule has 3 aromatic rings. The van der Waals surface area contributed by atoms with Crippen molar-refractivity contribution >= 4 is 28.9 Å². The number of pyridine rings is 1. The third-order valence-electron chi connectivity index (χ3n) is 5.28. The maximum atomic E-state index is 13.0. The molecule has 0 saturated carbocycles. The Hall–Kier alpha value is -3.48. The van der Waals surface area contributed by atoms with Crippen LogP contribution in [0.5, 0.6) is 0 Å². The standard InChI is InChI=1S/C22H21N5O2/c1-22(2)11-15-18(16(28)12-22)19(14-8-5-6-10-23-14)26-20(24-15)27-21-25-13-7-3-4-9-17(13)29-21/h3-10,19H,11-12H2,1-2H3,(H2,24,25,26,27)/p+1/t19-/m0/s1. The number of guanidine groups is 1.